The van der Waals surface area contributed by atoms with Crippen molar-refractivity contribution in [2.75, 3.05) is 14.2 Å². The molecule has 0 aliphatic carbocycles. The fourth-order valence-corrected chi connectivity index (χ4v) is 3.96. The number of hydrazine groups is 1. The van der Waals surface area contributed by atoms with E-state index in [1.54, 1.807) is 48.5 Å². The number of nitrogens with one attached hydrogen (secondary N) is 2. The quantitative estimate of drug-likeness (QED) is 0.170. The molecule has 0 saturated carbocycles. The van der Waals surface area contributed by atoms with Gasteiger partial charge in [-0.05, 0) is 59.7 Å². The fourth-order valence-electron chi connectivity index (χ4n) is 3.07. The van der Waals surface area contributed by atoms with E-state index in [9.17, 15) is 23.4 Å². The van der Waals surface area contributed by atoms with Gasteiger partial charge >= 0.3 is 0 Å². The zero-order chi connectivity index (χ0) is 26.8. The van der Waals surface area contributed by atoms with Crippen LogP contribution in [0.15, 0.2) is 95.6 Å². The highest BCUT2D eigenvalue weighted by Gasteiger charge is 2.13. The molecule has 0 saturated heterocycles. The van der Waals surface area contributed by atoms with Crippen molar-refractivity contribution in [3.63, 3.8) is 0 Å². The third-order valence-electron chi connectivity index (χ3n) is 4.98. The van der Waals surface area contributed by atoms with Crippen LogP contribution in [0.5, 0.6) is 23.0 Å². The minimum absolute atomic E-state index is 0.0287. The molecule has 37 heavy (non-hydrogen) atoms. The molecule has 0 aromatic heterocycles. The van der Waals surface area contributed by atoms with Gasteiger partial charge in [0.1, 0.15) is 0 Å². The second-order valence-electron chi connectivity index (χ2n) is 7.57. The first-order valence-electron chi connectivity index (χ1n) is 10.9. The lowest BCUT2D eigenvalue weighted by Crippen LogP contribution is -2.36. The molecule has 0 aliphatic rings. The summed E-state index contributed by atoms with van der Waals surface area (Å²) in [7, 11) is -1.08. The molecule has 0 unspecified atom stereocenters. The lowest BCUT2D eigenvalue weighted by molar-refractivity contribution is -0.110. The van der Waals surface area contributed by atoms with E-state index in [2.05, 4.69) is 10.3 Å². The van der Waals surface area contributed by atoms with Gasteiger partial charge in [0.25, 0.3) is 10.0 Å². The standard InChI is InChI=1S/C27H26N2O7S/c1-35-26-16-19(10-14-24(26)31)8-12-21(28-29-37(33,34)23-6-4-3-5-7-23)18-22(30)13-9-20-11-15-25(32)27(17-20)36-2/h3-18,28-29,31-32H,1-2H3. The van der Waals surface area contributed by atoms with Crippen LogP contribution in [0.4, 0.5) is 0 Å². The number of hydrogen-bond acceptors (Lipinski definition) is 8. The Balaban J connectivity index is 1.85. The molecule has 3 aromatic carbocycles. The number of allylic oxidation sites excluding steroid dienone is 3. The number of methoxy groups -OCH3 is 2. The summed E-state index contributed by atoms with van der Waals surface area (Å²) in [5.41, 5.74) is 3.96. The van der Waals surface area contributed by atoms with Crippen molar-refractivity contribution in [3.8, 4) is 23.0 Å². The number of hydrogen-bond donors (Lipinski definition) is 4. The smallest absolute Gasteiger partial charge is 0.257 e. The van der Waals surface area contributed by atoms with Crippen LogP contribution in [0.1, 0.15) is 11.1 Å². The Hall–Kier alpha value is -4.54. The van der Waals surface area contributed by atoms with Gasteiger partial charge in [-0.15, -0.1) is 4.83 Å². The van der Waals surface area contributed by atoms with Crippen molar-refractivity contribution in [2.45, 2.75) is 4.90 Å². The average Bonchev–Trinajstić information content (AvgIpc) is 2.91. The van der Waals surface area contributed by atoms with Gasteiger partial charge in [-0.3, -0.25) is 4.79 Å². The second-order valence-corrected chi connectivity index (χ2v) is 9.26. The van der Waals surface area contributed by atoms with Gasteiger partial charge in [-0.2, -0.15) is 0 Å². The second kappa shape index (κ2) is 12.4. The SMILES string of the molecule is COc1cc(C=CC(=O)C=C(C=Cc2ccc(O)c(OC)c2)NNS(=O)(=O)c2ccccc2)ccc1O. The van der Waals surface area contributed by atoms with Gasteiger partial charge in [0.15, 0.2) is 28.8 Å². The summed E-state index contributed by atoms with van der Waals surface area (Å²) in [5.74, 6) is 0.0135. The fraction of sp³-hybridized carbons (Fsp3) is 0.0741. The maximum Gasteiger partial charge on any atom is 0.257 e. The van der Waals surface area contributed by atoms with E-state index in [4.69, 9.17) is 9.47 Å². The molecule has 4 N–H and O–H groups in total. The minimum Gasteiger partial charge on any atom is -0.504 e. The summed E-state index contributed by atoms with van der Waals surface area (Å²) < 4.78 is 35.4. The summed E-state index contributed by atoms with van der Waals surface area (Å²) >= 11 is 0. The van der Waals surface area contributed by atoms with E-state index in [1.807, 2.05) is 0 Å². The van der Waals surface area contributed by atoms with Crippen molar-refractivity contribution in [1.82, 2.24) is 10.3 Å². The van der Waals surface area contributed by atoms with Crippen LogP contribution < -0.4 is 19.7 Å². The van der Waals surface area contributed by atoms with Crippen LogP contribution in [-0.2, 0) is 14.8 Å². The minimum atomic E-state index is -3.91. The average molecular weight is 523 g/mol. The molecule has 0 radical (unpaired) electrons. The molecular weight excluding hydrogens is 496 g/mol. The number of carbonyl (C=O) groups excluding carboxylic acids is 1. The molecule has 10 heteroatoms. The van der Waals surface area contributed by atoms with Crippen LogP contribution >= 0.6 is 0 Å². The largest absolute Gasteiger partial charge is 0.504 e. The number of rotatable bonds is 11. The zero-order valence-corrected chi connectivity index (χ0v) is 20.9. The van der Waals surface area contributed by atoms with E-state index in [0.29, 0.717) is 11.1 Å². The van der Waals surface area contributed by atoms with Crippen molar-refractivity contribution < 1.29 is 32.9 Å². The molecule has 0 atom stereocenters. The van der Waals surface area contributed by atoms with Crippen LogP contribution in [0, 0.1) is 0 Å². The highest BCUT2D eigenvalue weighted by molar-refractivity contribution is 7.89. The van der Waals surface area contributed by atoms with Gasteiger partial charge in [-0.1, -0.05) is 42.5 Å². The Bertz CT molecular complexity index is 1450. The Kier molecular flexibility index (Phi) is 9.09. The van der Waals surface area contributed by atoms with Gasteiger partial charge in [0.05, 0.1) is 24.8 Å². The lowest BCUT2D eigenvalue weighted by atomic mass is 10.1. The first-order chi connectivity index (χ1) is 17.7. The number of aromatic hydroxyl groups is 2. The number of ether oxygens (including phenoxy) is 2. The topological polar surface area (TPSA) is 134 Å². The maximum absolute atomic E-state index is 12.7. The highest BCUT2D eigenvalue weighted by atomic mass is 32.2. The molecule has 3 rings (SSSR count). The van der Waals surface area contributed by atoms with E-state index in [0.717, 1.165) is 0 Å². The molecule has 0 bridgehead atoms. The van der Waals surface area contributed by atoms with E-state index >= 15 is 0 Å². The molecule has 9 nitrogen and oxygen atoms in total. The number of ketones is 1. The van der Waals surface area contributed by atoms with Crippen molar-refractivity contribution in [2.24, 2.45) is 0 Å². The molecular formula is C27H26N2O7S. The Morgan fingerprint density at radius 2 is 1.35 bits per heavy atom. The Morgan fingerprint density at radius 3 is 1.89 bits per heavy atom. The summed E-state index contributed by atoms with van der Waals surface area (Å²) in [4.78, 5) is 15.0. The number of phenolic OH excluding ortho intramolecular Hbond substituents is 2. The van der Waals surface area contributed by atoms with Crippen molar-refractivity contribution >= 4 is 28.0 Å². The van der Waals surface area contributed by atoms with E-state index in [1.165, 1.54) is 62.8 Å². The Morgan fingerprint density at radius 1 is 0.811 bits per heavy atom. The summed E-state index contributed by atoms with van der Waals surface area (Å²) in [6.07, 6.45) is 7.13. The van der Waals surface area contributed by atoms with Gasteiger partial charge in [0.2, 0.25) is 0 Å². The summed E-state index contributed by atoms with van der Waals surface area (Å²) in [5, 5.41) is 19.5. The molecule has 0 spiro atoms. The van der Waals surface area contributed by atoms with Gasteiger partial charge < -0.3 is 25.1 Å². The van der Waals surface area contributed by atoms with Crippen LogP contribution in [0.3, 0.4) is 0 Å². The highest BCUT2D eigenvalue weighted by Crippen LogP contribution is 2.27. The van der Waals surface area contributed by atoms with Crippen LogP contribution in [0.2, 0.25) is 0 Å². The summed E-state index contributed by atoms with van der Waals surface area (Å²) in [6.45, 7) is 0. The van der Waals surface area contributed by atoms with Crippen LogP contribution in [-0.4, -0.2) is 38.6 Å². The predicted molar refractivity (Wildman–Crippen MR) is 140 cm³/mol. The number of sulfonamides is 1. The number of carbonyl (C=O) groups is 1. The third kappa shape index (κ3) is 7.72. The monoisotopic (exact) mass is 522 g/mol. The van der Waals surface area contributed by atoms with Gasteiger partial charge in [0, 0.05) is 6.08 Å². The molecule has 0 amide bonds. The Labute approximate surface area is 215 Å². The van der Waals surface area contributed by atoms with Crippen LogP contribution in [0.25, 0.3) is 12.2 Å². The zero-order valence-electron chi connectivity index (χ0n) is 20.1. The first kappa shape index (κ1) is 27.1. The molecule has 0 aliphatic heterocycles. The molecule has 0 heterocycles. The number of phenols is 2. The maximum atomic E-state index is 12.7. The van der Waals surface area contributed by atoms with E-state index in [-0.39, 0.29) is 33.6 Å². The molecule has 0 fully saturated rings. The van der Waals surface area contributed by atoms with Gasteiger partial charge in [-0.25, -0.2) is 8.42 Å². The summed E-state index contributed by atoms with van der Waals surface area (Å²) in [6, 6.07) is 17.0. The lowest BCUT2D eigenvalue weighted by Gasteiger charge is -2.10. The third-order valence-corrected chi connectivity index (χ3v) is 6.25. The normalized spacial score (nSPS) is 12.1. The number of benzene rings is 3. The van der Waals surface area contributed by atoms with Crippen molar-refractivity contribution in [3.05, 3.63) is 102 Å². The molecule has 3 aromatic rings. The van der Waals surface area contributed by atoms with Crippen molar-refractivity contribution in [1.29, 1.82) is 0 Å². The van der Waals surface area contributed by atoms with E-state index < -0.39 is 15.8 Å². The predicted octanol–water partition coefficient (Wildman–Crippen LogP) is 3.78. The molecule has 192 valence electrons. The first-order valence-corrected chi connectivity index (χ1v) is 12.4.